The van der Waals surface area contributed by atoms with Crippen LogP contribution in [0.2, 0.25) is 0 Å². The number of rotatable bonds is 6. The van der Waals surface area contributed by atoms with Crippen molar-refractivity contribution in [1.29, 1.82) is 5.26 Å². The summed E-state index contributed by atoms with van der Waals surface area (Å²) in [6, 6.07) is 12.4. The van der Waals surface area contributed by atoms with Crippen molar-refractivity contribution >= 4 is 10.0 Å². The van der Waals surface area contributed by atoms with Gasteiger partial charge in [0.15, 0.2) is 0 Å². The van der Waals surface area contributed by atoms with Crippen LogP contribution in [0.25, 0.3) is 0 Å². The Morgan fingerprint density at radius 1 is 1.27 bits per heavy atom. The molecule has 1 aromatic carbocycles. The average Bonchev–Trinajstić information content (AvgIpc) is 2.52. The van der Waals surface area contributed by atoms with Gasteiger partial charge < -0.3 is 0 Å². The zero-order valence-electron chi connectivity index (χ0n) is 13.1. The summed E-state index contributed by atoms with van der Waals surface area (Å²) in [5, 5.41) is 8.51. The van der Waals surface area contributed by atoms with Gasteiger partial charge in [-0.2, -0.15) is 5.26 Å². The second-order valence-electron chi connectivity index (χ2n) is 6.07. The van der Waals surface area contributed by atoms with Crippen LogP contribution >= 0.6 is 0 Å². The van der Waals surface area contributed by atoms with Gasteiger partial charge in [-0.25, -0.2) is 12.7 Å². The molecule has 0 unspecified atom stereocenters. The van der Waals surface area contributed by atoms with E-state index in [4.69, 9.17) is 5.26 Å². The highest BCUT2D eigenvalue weighted by molar-refractivity contribution is 7.89. The number of nitriles is 1. The topological polar surface area (TPSA) is 61.2 Å². The summed E-state index contributed by atoms with van der Waals surface area (Å²) >= 11 is 0. The molecule has 1 fully saturated rings. The Labute approximate surface area is 133 Å². The van der Waals surface area contributed by atoms with Gasteiger partial charge in [-0.3, -0.25) is 0 Å². The van der Waals surface area contributed by atoms with Crippen LogP contribution < -0.4 is 0 Å². The van der Waals surface area contributed by atoms with Gasteiger partial charge in [0.2, 0.25) is 10.0 Å². The van der Waals surface area contributed by atoms with E-state index in [0.717, 1.165) is 6.42 Å². The third-order valence-corrected chi connectivity index (χ3v) is 6.35. The number of piperidine rings is 1. The first-order valence-corrected chi connectivity index (χ1v) is 9.55. The summed E-state index contributed by atoms with van der Waals surface area (Å²) < 4.78 is 26.4. The lowest BCUT2D eigenvalue weighted by atomic mass is 9.82. The molecule has 0 aromatic heterocycles. The molecule has 1 aliphatic rings. The van der Waals surface area contributed by atoms with Crippen molar-refractivity contribution in [2.45, 2.75) is 38.5 Å². The maximum absolute atomic E-state index is 12.4. The second kappa shape index (κ2) is 7.75. The minimum absolute atomic E-state index is 0.164. The highest BCUT2D eigenvalue weighted by Crippen LogP contribution is 2.33. The van der Waals surface area contributed by atoms with E-state index in [1.54, 1.807) is 4.31 Å². The SMILES string of the molecule is C[C@@H]1CN(S(=O)(=O)CCCCC#N)CC[C@@H]1c1ccccc1. The molecule has 2 rings (SSSR count). The summed E-state index contributed by atoms with van der Waals surface area (Å²) in [5.74, 6) is 0.925. The van der Waals surface area contributed by atoms with E-state index >= 15 is 0 Å². The molecule has 1 aromatic rings. The van der Waals surface area contributed by atoms with Gasteiger partial charge in [0.05, 0.1) is 11.8 Å². The Hall–Kier alpha value is -1.38. The number of hydrogen-bond acceptors (Lipinski definition) is 3. The van der Waals surface area contributed by atoms with Gasteiger partial charge in [-0.05, 0) is 36.7 Å². The van der Waals surface area contributed by atoms with Gasteiger partial charge in [-0.15, -0.1) is 0 Å². The molecule has 1 aliphatic heterocycles. The Kier molecular flexibility index (Phi) is 5.98. The normalized spacial score (nSPS) is 23.1. The third kappa shape index (κ3) is 4.31. The summed E-state index contributed by atoms with van der Waals surface area (Å²) in [5.41, 5.74) is 1.31. The monoisotopic (exact) mass is 320 g/mol. The first-order valence-electron chi connectivity index (χ1n) is 7.94. The molecule has 0 N–H and O–H groups in total. The zero-order valence-corrected chi connectivity index (χ0v) is 13.9. The molecule has 0 radical (unpaired) electrons. The zero-order chi connectivity index (χ0) is 16.0. The van der Waals surface area contributed by atoms with Crippen LogP contribution in [0.15, 0.2) is 30.3 Å². The Bertz CT molecular complexity index is 607. The lowest BCUT2D eigenvalue weighted by molar-refractivity contribution is 0.248. The van der Waals surface area contributed by atoms with Crippen LogP contribution in [0.4, 0.5) is 0 Å². The fourth-order valence-corrected chi connectivity index (χ4v) is 4.85. The first-order chi connectivity index (χ1) is 10.5. The quantitative estimate of drug-likeness (QED) is 0.757. The summed E-state index contributed by atoms with van der Waals surface area (Å²) in [6.07, 6.45) is 2.54. The van der Waals surface area contributed by atoms with Gasteiger partial charge in [0, 0.05) is 19.5 Å². The van der Waals surface area contributed by atoms with Gasteiger partial charge >= 0.3 is 0 Å². The van der Waals surface area contributed by atoms with E-state index in [-0.39, 0.29) is 5.75 Å². The fraction of sp³-hybridized carbons (Fsp3) is 0.588. The molecule has 1 saturated heterocycles. The first kappa shape index (κ1) is 17.0. The molecular weight excluding hydrogens is 296 g/mol. The molecule has 22 heavy (non-hydrogen) atoms. The van der Waals surface area contributed by atoms with Crippen molar-refractivity contribution in [2.24, 2.45) is 5.92 Å². The van der Waals surface area contributed by atoms with Crippen molar-refractivity contribution < 1.29 is 8.42 Å². The average molecular weight is 320 g/mol. The second-order valence-corrected chi connectivity index (χ2v) is 8.16. The maximum Gasteiger partial charge on any atom is 0.214 e. The van der Waals surface area contributed by atoms with Crippen LogP contribution in [0.5, 0.6) is 0 Å². The fourth-order valence-electron chi connectivity index (χ4n) is 3.17. The van der Waals surface area contributed by atoms with Crippen molar-refractivity contribution in [2.75, 3.05) is 18.8 Å². The van der Waals surface area contributed by atoms with Gasteiger partial charge in [-0.1, -0.05) is 37.3 Å². The largest absolute Gasteiger partial charge is 0.214 e. The van der Waals surface area contributed by atoms with Crippen molar-refractivity contribution in [3.8, 4) is 6.07 Å². The highest BCUT2D eigenvalue weighted by Gasteiger charge is 2.32. The standard InChI is InChI=1S/C17H24N2O2S/c1-15-14-19(22(20,21)13-7-3-6-11-18)12-10-17(15)16-8-4-2-5-9-16/h2,4-5,8-9,15,17H,3,6-7,10,12-14H2,1H3/t15-,17+/m1/s1. The lowest BCUT2D eigenvalue weighted by Gasteiger charge is -2.36. The lowest BCUT2D eigenvalue weighted by Crippen LogP contribution is -2.43. The third-order valence-electron chi connectivity index (χ3n) is 4.43. The predicted molar refractivity (Wildman–Crippen MR) is 87.8 cm³/mol. The molecule has 120 valence electrons. The van der Waals surface area contributed by atoms with E-state index in [0.29, 0.717) is 44.2 Å². The van der Waals surface area contributed by atoms with Crippen molar-refractivity contribution in [3.05, 3.63) is 35.9 Å². The summed E-state index contributed by atoms with van der Waals surface area (Å²) in [6.45, 7) is 3.33. The van der Waals surface area contributed by atoms with Crippen LogP contribution in [0.1, 0.15) is 44.1 Å². The van der Waals surface area contributed by atoms with Crippen LogP contribution in [0, 0.1) is 17.2 Å². The van der Waals surface area contributed by atoms with E-state index in [1.165, 1.54) is 5.56 Å². The van der Waals surface area contributed by atoms with Crippen molar-refractivity contribution in [3.63, 3.8) is 0 Å². The molecule has 0 aliphatic carbocycles. The van der Waals surface area contributed by atoms with E-state index in [2.05, 4.69) is 25.1 Å². The number of sulfonamides is 1. The number of hydrogen-bond donors (Lipinski definition) is 0. The van der Waals surface area contributed by atoms with Crippen LogP contribution in [-0.2, 0) is 10.0 Å². The molecular formula is C17H24N2O2S. The molecule has 1 heterocycles. The molecule has 0 bridgehead atoms. The van der Waals surface area contributed by atoms with Crippen LogP contribution in [0.3, 0.4) is 0 Å². The predicted octanol–water partition coefficient (Wildman–Crippen LogP) is 3.14. The minimum atomic E-state index is -3.18. The molecule has 0 amide bonds. The smallest absolute Gasteiger partial charge is 0.212 e. The van der Waals surface area contributed by atoms with E-state index in [9.17, 15) is 8.42 Å². The Balaban J connectivity index is 1.93. The Morgan fingerprint density at radius 3 is 2.64 bits per heavy atom. The number of unbranched alkanes of at least 4 members (excludes halogenated alkanes) is 2. The highest BCUT2D eigenvalue weighted by atomic mass is 32.2. The van der Waals surface area contributed by atoms with Gasteiger partial charge in [0.25, 0.3) is 0 Å². The number of benzene rings is 1. The van der Waals surface area contributed by atoms with E-state index in [1.807, 2.05) is 18.2 Å². The molecule has 0 spiro atoms. The summed E-state index contributed by atoms with van der Waals surface area (Å²) in [7, 11) is -3.18. The number of nitrogens with zero attached hydrogens (tertiary/aromatic N) is 2. The van der Waals surface area contributed by atoms with E-state index < -0.39 is 10.0 Å². The summed E-state index contributed by atoms with van der Waals surface area (Å²) in [4.78, 5) is 0. The van der Waals surface area contributed by atoms with Crippen molar-refractivity contribution in [1.82, 2.24) is 4.31 Å². The molecule has 2 atom stereocenters. The molecule has 4 nitrogen and oxygen atoms in total. The van der Waals surface area contributed by atoms with Crippen LogP contribution in [-0.4, -0.2) is 31.6 Å². The Morgan fingerprint density at radius 2 is 2.00 bits per heavy atom. The molecule has 0 saturated carbocycles. The molecule has 5 heteroatoms. The maximum atomic E-state index is 12.4. The minimum Gasteiger partial charge on any atom is -0.212 e. The van der Waals surface area contributed by atoms with Gasteiger partial charge in [0.1, 0.15) is 0 Å².